The van der Waals surface area contributed by atoms with Crippen LogP contribution >= 0.6 is 0 Å². The van der Waals surface area contributed by atoms with Crippen molar-refractivity contribution in [3.8, 4) is 0 Å². The molecular formula is C61H106O6. The maximum absolute atomic E-state index is 12.8. The highest BCUT2D eigenvalue weighted by Gasteiger charge is 2.19. The number of hydrogen-bond acceptors (Lipinski definition) is 6. The van der Waals surface area contributed by atoms with E-state index < -0.39 is 6.10 Å². The number of carbonyl (C=O) groups excluding carboxylic acids is 3. The summed E-state index contributed by atoms with van der Waals surface area (Å²) in [5.74, 6) is -0.910. The van der Waals surface area contributed by atoms with E-state index in [2.05, 4.69) is 93.7 Å². The van der Waals surface area contributed by atoms with Crippen LogP contribution in [0.5, 0.6) is 0 Å². The molecule has 0 radical (unpaired) electrons. The minimum absolute atomic E-state index is 0.0844. The Morgan fingerprint density at radius 2 is 0.582 bits per heavy atom. The molecule has 6 nitrogen and oxygen atoms in total. The van der Waals surface area contributed by atoms with E-state index in [4.69, 9.17) is 14.2 Å². The summed E-state index contributed by atoms with van der Waals surface area (Å²) in [5.41, 5.74) is 0. The van der Waals surface area contributed by atoms with E-state index in [1.807, 2.05) is 0 Å². The molecule has 6 heteroatoms. The van der Waals surface area contributed by atoms with Gasteiger partial charge in [-0.05, 0) is 89.9 Å². The lowest BCUT2D eigenvalue weighted by Crippen LogP contribution is -2.30. The molecule has 0 N–H and O–H groups in total. The predicted octanol–water partition coefficient (Wildman–Crippen LogP) is 19.0. The molecule has 0 aromatic heterocycles. The fourth-order valence-electron chi connectivity index (χ4n) is 7.93. The van der Waals surface area contributed by atoms with E-state index in [0.29, 0.717) is 19.3 Å². The van der Waals surface area contributed by atoms with Crippen LogP contribution in [0.3, 0.4) is 0 Å². The van der Waals surface area contributed by atoms with E-state index in [0.717, 1.165) is 103 Å². The number of allylic oxidation sites excluding steroid dienone is 12. The zero-order valence-electron chi connectivity index (χ0n) is 44.2. The quantitative estimate of drug-likeness (QED) is 0.0262. The average Bonchev–Trinajstić information content (AvgIpc) is 3.33. The molecular weight excluding hydrogens is 829 g/mol. The summed E-state index contributed by atoms with van der Waals surface area (Å²) in [4.78, 5) is 37.9. The fourth-order valence-corrected chi connectivity index (χ4v) is 7.93. The number of hydrogen-bond donors (Lipinski definition) is 0. The van der Waals surface area contributed by atoms with Crippen molar-refractivity contribution in [2.24, 2.45) is 0 Å². The molecule has 0 spiro atoms. The van der Waals surface area contributed by atoms with Crippen molar-refractivity contribution >= 4 is 17.9 Å². The smallest absolute Gasteiger partial charge is 0.306 e. The molecule has 0 fully saturated rings. The number of unbranched alkanes of at least 4 members (excludes halogenated alkanes) is 28. The Kier molecular flexibility index (Phi) is 52.8. The highest BCUT2D eigenvalue weighted by molar-refractivity contribution is 5.71. The summed E-state index contributed by atoms with van der Waals surface area (Å²) < 4.78 is 16.8. The van der Waals surface area contributed by atoms with Gasteiger partial charge in [0.25, 0.3) is 0 Å². The first-order chi connectivity index (χ1) is 33.0. The zero-order valence-corrected chi connectivity index (χ0v) is 44.2. The van der Waals surface area contributed by atoms with Crippen LogP contribution in [-0.4, -0.2) is 37.2 Å². The van der Waals surface area contributed by atoms with Gasteiger partial charge in [-0.25, -0.2) is 0 Å². The number of ether oxygens (including phenoxy) is 3. The van der Waals surface area contributed by atoms with E-state index in [-0.39, 0.29) is 31.1 Å². The van der Waals surface area contributed by atoms with Crippen molar-refractivity contribution in [1.29, 1.82) is 0 Å². The van der Waals surface area contributed by atoms with Crippen LogP contribution in [-0.2, 0) is 28.6 Å². The molecule has 1 unspecified atom stereocenters. The molecule has 0 aliphatic heterocycles. The highest BCUT2D eigenvalue weighted by atomic mass is 16.6. The second-order valence-corrected chi connectivity index (χ2v) is 18.8. The standard InChI is InChI=1S/C61H106O6/c1-4-7-10-13-16-18-20-22-24-26-27-28-29-30-31-32-33-35-36-38-40-42-45-48-51-54-60(63)66-57-58(56-65-59(62)53-50-47-44-15-12-9-6-3)67-61(64)55-52-49-46-43-41-39-37-34-25-23-21-19-17-14-11-8-5-2/h8,11,17,19-20,22-23,25-27,37,39,58H,4-7,9-10,12-16,18,21,24,28-36,38,40-57H2,1-3H3/b11-8-,19-17-,22-20-,25-23-,27-26-,39-37-. The number of rotatable bonds is 51. The maximum Gasteiger partial charge on any atom is 0.306 e. The SMILES string of the molecule is CC/C=C\C/C=C\C/C=C\C/C=C\CCCCCCC(=O)OC(COC(=O)CCCCCCCCC)COC(=O)CCCCCCCCCCCCCCC/C=C\C/C=C\CCCCCCC. The van der Waals surface area contributed by atoms with Gasteiger partial charge in [-0.2, -0.15) is 0 Å². The van der Waals surface area contributed by atoms with E-state index in [9.17, 15) is 14.4 Å². The molecule has 0 amide bonds. The van der Waals surface area contributed by atoms with Crippen LogP contribution in [0.25, 0.3) is 0 Å². The van der Waals surface area contributed by atoms with Crippen LogP contribution < -0.4 is 0 Å². The lowest BCUT2D eigenvalue weighted by molar-refractivity contribution is -0.167. The van der Waals surface area contributed by atoms with Crippen LogP contribution in [0.15, 0.2) is 72.9 Å². The van der Waals surface area contributed by atoms with Gasteiger partial charge in [-0.3, -0.25) is 14.4 Å². The summed E-state index contributed by atoms with van der Waals surface area (Å²) in [6.07, 6.45) is 70.6. The van der Waals surface area contributed by atoms with E-state index >= 15 is 0 Å². The molecule has 67 heavy (non-hydrogen) atoms. The Morgan fingerprint density at radius 1 is 0.313 bits per heavy atom. The molecule has 0 aromatic carbocycles. The molecule has 1 atom stereocenters. The first kappa shape index (κ1) is 63.8. The molecule has 0 rings (SSSR count). The lowest BCUT2D eigenvalue weighted by Gasteiger charge is -2.18. The van der Waals surface area contributed by atoms with Crippen molar-refractivity contribution in [2.75, 3.05) is 13.2 Å². The van der Waals surface area contributed by atoms with Crippen molar-refractivity contribution in [3.05, 3.63) is 72.9 Å². The molecule has 0 saturated heterocycles. The molecule has 0 aliphatic carbocycles. The van der Waals surface area contributed by atoms with E-state index in [1.165, 1.54) is 135 Å². The largest absolute Gasteiger partial charge is 0.462 e. The normalized spacial score (nSPS) is 12.6. The Labute approximate surface area is 414 Å². The molecule has 0 bridgehead atoms. The first-order valence-electron chi connectivity index (χ1n) is 28.4. The minimum Gasteiger partial charge on any atom is -0.462 e. The molecule has 386 valence electrons. The summed E-state index contributed by atoms with van der Waals surface area (Å²) >= 11 is 0. The Morgan fingerprint density at radius 3 is 0.910 bits per heavy atom. The second-order valence-electron chi connectivity index (χ2n) is 18.8. The van der Waals surface area contributed by atoms with Gasteiger partial charge in [-0.1, -0.05) is 241 Å². The van der Waals surface area contributed by atoms with Gasteiger partial charge < -0.3 is 14.2 Å². The second kappa shape index (κ2) is 55.4. The van der Waals surface area contributed by atoms with Crippen LogP contribution in [0.1, 0.15) is 278 Å². The third-order valence-corrected chi connectivity index (χ3v) is 12.2. The van der Waals surface area contributed by atoms with Crippen molar-refractivity contribution in [2.45, 2.75) is 284 Å². The van der Waals surface area contributed by atoms with E-state index in [1.54, 1.807) is 0 Å². The van der Waals surface area contributed by atoms with Gasteiger partial charge >= 0.3 is 17.9 Å². The monoisotopic (exact) mass is 935 g/mol. The predicted molar refractivity (Wildman–Crippen MR) is 288 cm³/mol. The van der Waals surface area contributed by atoms with Crippen molar-refractivity contribution in [1.82, 2.24) is 0 Å². The number of esters is 3. The molecule has 0 heterocycles. The fraction of sp³-hybridized carbons (Fsp3) is 0.754. The van der Waals surface area contributed by atoms with Crippen LogP contribution in [0.2, 0.25) is 0 Å². The Bertz CT molecular complexity index is 1260. The Hall–Kier alpha value is -3.15. The number of carbonyl (C=O) groups is 3. The summed E-state index contributed by atoms with van der Waals surface area (Å²) in [7, 11) is 0. The summed E-state index contributed by atoms with van der Waals surface area (Å²) in [6, 6.07) is 0. The highest BCUT2D eigenvalue weighted by Crippen LogP contribution is 2.15. The minimum atomic E-state index is -0.785. The zero-order chi connectivity index (χ0) is 48.6. The van der Waals surface area contributed by atoms with Crippen molar-refractivity contribution in [3.63, 3.8) is 0 Å². The van der Waals surface area contributed by atoms with Gasteiger partial charge in [-0.15, -0.1) is 0 Å². The first-order valence-corrected chi connectivity index (χ1v) is 28.4. The third kappa shape index (κ3) is 53.7. The van der Waals surface area contributed by atoms with Gasteiger partial charge in [0, 0.05) is 19.3 Å². The van der Waals surface area contributed by atoms with Crippen molar-refractivity contribution < 1.29 is 28.6 Å². The van der Waals surface area contributed by atoms with Gasteiger partial charge in [0.2, 0.25) is 0 Å². The van der Waals surface area contributed by atoms with Crippen LogP contribution in [0, 0.1) is 0 Å². The lowest BCUT2D eigenvalue weighted by atomic mass is 10.0. The topological polar surface area (TPSA) is 78.9 Å². The molecule has 0 saturated carbocycles. The third-order valence-electron chi connectivity index (χ3n) is 12.2. The summed E-state index contributed by atoms with van der Waals surface area (Å²) in [6.45, 7) is 6.47. The maximum atomic E-state index is 12.8. The average molecular weight is 936 g/mol. The molecule has 0 aromatic rings. The van der Waals surface area contributed by atoms with Gasteiger partial charge in [0.15, 0.2) is 6.10 Å². The summed E-state index contributed by atoms with van der Waals surface area (Å²) in [5, 5.41) is 0. The van der Waals surface area contributed by atoms with Gasteiger partial charge in [0.1, 0.15) is 13.2 Å². The van der Waals surface area contributed by atoms with Crippen LogP contribution in [0.4, 0.5) is 0 Å². The Balaban J connectivity index is 4.18. The van der Waals surface area contributed by atoms with Gasteiger partial charge in [0.05, 0.1) is 0 Å². The molecule has 0 aliphatic rings.